The summed E-state index contributed by atoms with van der Waals surface area (Å²) in [5.41, 5.74) is 3.18. The van der Waals surface area contributed by atoms with E-state index in [0.29, 0.717) is 13.1 Å². The molecule has 1 aliphatic heterocycles. The SMILES string of the molecule is COc1ccc2nccc(CCC[C@@H]3CCN(CC#Cc4ccccc4)C[C@@H]3C(=O)O)c2c1. The number of hydrogen-bond acceptors (Lipinski definition) is 4. The van der Waals surface area contributed by atoms with Gasteiger partial charge in [0.25, 0.3) is 0 Å². The van der Waals surface area contributed by atoms with Gasteiger partial charge in [0, 0.05) is 23.7 Å². The lowest BCUT2D eigenvalue weighted by Crippen LogP contribution is -2.44. The van der Waals surface area contributed by atoms with E-state index in [1.165, 1.54) is 5.56 Å². The highest BCUT2D eigenvalue weighted by Crippen LogP contribution is 2.30. The minimum Gasteiger partial charge on any atom is -0.497 e. The van der Waals surface area contributed by atoms with Gasteiger partial charge in [-0.25, -0.2) is 0 Å². The van der Waals surface area contributed by atoms with Gasteiger partial charge < -0.3 is 9.84 Å². The van der Waals surface area contributed by atoms with E-state index in [-0.39, 0.29) is 11.8 Å². The van der Waals surface area contributed by atoms with Crippen LogP contribution in [0, 0.1) is 23.7 Å². The second-order valence-electron chi connectivity index (χ2n) is 8.64. The standard InChI is InChI=1S/C28H30N2O3/c1-33-24-12-13-27-25(19-24)22(14-16-29-27)10-5-11-23-15-18-30(20-26(23)28(31)32)17-6-9-21-7-3-2-4-8-21/h2-4,7-8,12-14,16,19,23,26H,5,10-11,15,17-18,20H2,1H3,(H,31,32)/t23-,26+/m1/s1. The predicted molar refractivity (Wildman–Crippen MR) is 130 cm³/mol. The van der Waals surface area contributed by atoms with Gasteiger partial charge >= 0.3 is 5.97 Å². The Bertz CT molecular complexity index is 1150. The molecular weight excluding hydrogens is 412 g/mol. The normalized spacial score (nSPS) is 18.5. The molecule has 5 nitrogen and oxygen atoms in total. The van der Waals surface area contributed by atoms with Crippen LogP contribution in [0.5, 0.6) is 5.75 Å². The maximum Gasteiger partial charge on any atom is 0.308 e. The van der Waals surface area contributed by atoms with Crippen LogP contribution in [0.1, 0.15) is 30.4 Å². The van der Waals surface area contributed by atoms with Crippen LogP contribution in [0.3, 0.4) is 0 Å². The Morgan fingerprint density at radius 2 is 2.06 bits per heavy atom. The fourth-order valence-corrected chi connectivity index (χ4v) is 4.69. The van der Waals surface area contributed by atoms with Crippen LogP contribution in [0.25, 0.3) is 10.9 Å². The zero-order valence-corrected chi connectivity index (χ0v) is 19.0. The number of benzene rings is 2. The largest absolute Gasteiger partial charge is 0.497 e. The molecule has 3 aromatic rings. The molecule has 1 aliphatic rings. The van der Waals surface area contributed by atoms with Gasteiger partial charge in [-0.05, 0) is 80.1 Å². The quantitative estimate of drug-likeness (QED) is 0.540. The number of methoxy groups -OCH3 is 1. The smallest absolute Gasteiger partial charge is 0.308 e. The molecule has 0 spiro atoms. The van der Waals surface area contributed by atoms with Crippen molar-refractivity contribution in [2.24, 2.45) is 11.8 Å². The Labute approximate surface area is 195 Å². The summed E-state index contributed by atoms with van der Waals surface area (Å²) in [7, 11) is 1.67. The second kappa shape index (κ2) is 11.0. The van der Waals surface area contributed by atoms with E-state index in [1.54, 1.807) is 7.11 Å². The summed E-state index contributed by atoms with van der Waals surface area (Å²) in [6.45, 7) is 2.07. The zero-order chi connectivity index (χ0) is 23.0. The second-order valence-corrected chi connectivity index (χ2v) is 8.64. The summed E-state index contributed by atoms with van der Waals surface area (Å²) in [5, 5.41) is 11.0. The average Bonchev–Trinajstić information content (AvgIpc) is 2.85. The van der Waals surface area contributed by atoms with Crippen molar-refractivity contribution in [2.75, 3.05) is 26.7 Å². The number of aromatic nitrogens is 1. The first-order chi connectivity index (χ1) is 16.1. The number of fused-ring (bicyclic) bond motifs is 1. The highest BCUT2D eigenvalue weighted by Gasteiger charge is 2.33. The number of likely N-dealkylation sites (tertiary alicyclic amines) is 1. The van der Waals surface area contributed by atoms with E-state index in [1.807, 2.05) is 54.7 Å². The van der Waals surface area contributed by atoms with Crippen molar-refractivity contribution < 1.29 is 14.6 Å². The monoisotopic (exact) mass is 442 g/mol. The van der Waals surface area contributed by atoms with Gasteiger partial charge in [-0.3, -0.25) is 14.7 Å². The van der Waals surface area contributed by atoms with Crippen molar-refractivity contribution in [1.82, 2.24) is 9.88 Å². The summed E-state index contributed by atoms with van der Waals surface area (Å²) >= 11 is 0. The molecule has 2 heterocycles. The molecule has 1 fully saturated rings. The third kappa shape index (κ3) is 5.91. The lowest BCUT2D eigenvalue weighted by molar-refractivity contribution is -0.146. The molecule has 1 N–H and O–H groups in total. The van der Waals surface area contributed by atoms with E-state index in [9.17, 15) is 9.90 Å². The molecule has 170 valence electrons. The molecule has 0 bridgehead atoms. The van der Waals surface area contributed by atoms with Crippen LogP contribution >= 0.6 is 0 Å². The molecule has 0 saturated carbocycles. The molecular formula is C28H30N2O3. The van der Waals surface area contributed by atoms with Crippen LogP contribution < -0.4 is 4.74 Å². The first-order valence-corrected chi connectivity index (χ1v) is 11.5. The summed E-state index contributed by atoms with van der Waals surface area (Å²) < 4.78 is 5.37. The van der Waals surface area contributed by atoms with Crippen LogP contribution in [0.15, 0.2) is 60.8 Å². The number of nitrogens with zero attached hydrogens (tertiary/aromatic N) is 2. The highest BCUT2D eigenvalue weighted by molar-refractivity contribution is 5.83. The number of hydrogen-bond donors (Lipinski definition) is 1. The number of aliphatic carboxylic acids is 1. The van der Waals surface area contributed by atoms with Crippen LogP contribution in [0.2, 0.25) is 0 Å². The molecule has 2 aromatic carbocycles. The van der Waals surface area contributed by atoms with Gasteiger partial charge in [-0.1, -0.05) is 30.0 Å². The van der Waals surface area contributed by atoms with Gasteiger partial charge in [0.2, 0.25) is 0 Å². The summed E-state index contributed by atoms with van der Waals surface area (Å²) in [6.07, 6.45) is 5.52. The van der Waals surface area contributed by atoms with Gasteiger partial charge in [-0.2, -0.15) is 0 Å². The molecule has 1 saturated heterocycles. The molecule has 1 aromatic heterocycles. The molecule has 0 unspecified atom stereocenters. The molecule has 33 heavy (non-hydrogen) atoms. The fourth-order valence-electron chi connectivity index (χ4n) is 4.69. The fraction of sp³-hybridized carbons (Fsp3) is 0.357. The Balaban J connectivity index is 1.34. The molecule has 0 amide bonds. The van der Waals surface area contributed by atoms with Gasteiger partial charge in [0.15, 0.2) is 0 Å². The van der Waals surface area contributed by atoms with Crippen molar-refractivity contribution in [2.45, 2.75) is 25.7 Å². The van der Waals surface area contributed by atoms with Gasteiger partial charge in [0.05, 0.1) is 25.1 Å². The van der Waals surface area contributed by atoms with E-state index >= 15 is 0 Å². The molecule has 4 rings (SSSR count). The predicted octanol–water partition coefficient (Wildman–Crippen LogP) is 4.64. The van der Waals surface area contributed by atoms with E-state index in [2.05, 4.69) is 27.8 Å². The Kier molecular flexibility index (Phi) is 7.59. The number of carboxylic acid groups (broad SMARTS) is 1. The van der Waals surface area contributed by atoms with Crippen LogP contribution in [-0.4, -0.2) is 47.7 Å². The van der Waals surface area contributed by atoms with Crippen molar-refractivity contribution in [1.29, 1.82) is 0 Å². The highest BCUT2D eigenvalue weighted by atomic mass is 16.5. The van der Waals surface area contributed by atoms with Crippen molar-refractivity contribution in [3.8, 4) is 17.6 Å². The maximum absolute atomic E-state index is 12.0. The van der Waals surface area contributed by atoms with E-state index < -0.39 is 5.97 Å². The van der Waals surface area contributed by atoms with Crippen molar-refractivity contribution in [3.63, 3.8) is 0 Å². The summed E-state index contributed by atoms with van der Waals surface area (Å²) in [5.74, 6) is 6.36. The number of piperidine rings is 1. The number of ether oxygens (including phenoxy) is 1. The zero-order valence-electron chi connectivity index (χ0n) is 19.0. The third-order valence-corrected chi connectivity index (χ3v) is 6.53. The lowest BCUT2D eigenvalue weighted by atomic mass is 9.81. The number of rotatable bonds is 7. The Hall–Kier alpha value is -3.36. The van der Waals surface area contributed by atoms with Crippen LogP contribution in [-0.2, 0) is 11.2 Å². The molecule has 5 heteroatoms. The molecule has 0 radical (unpaired) electrons. The summed E-state index contributed by atoms with van der Waals surface area (Å²) in [4.78, 5) is 18.6. The average molecular weight is 443 g/mol. The number of aryl methyl sites for hydroxylation is 1. The Morgan fingerprint density at radius 1 is 1.21 bits per heavy atom. The number of carboxylic acids is 1. The topological polar surface area (TPSA) is 62.7 Å². The van der Waals surface area contributed by atoms with E-state index in [4.69, 9.17) is 4.74 Å². The Morgan fingerprint density at radius 3 is 2.85 bits per heavy atom. The lowest BCUT2D eigenvalue weighted by Gasteiger charge is -2.35. The number of pyridine rings is 1. The van der Waals surface area contributed by atoms with E-state index in [0.717, 1.165) is 54.4 Å². The first-order valence-electron chi connectivity index (χ1n) is 11.5. The minimum atomic E-state index is -0.695. The summed E-state index contributed by atoms with van der Waals surface area (Å²) in [6, 6.07) is 17.9. The van der Waals surface area contributed by atoms with Gasteiger partial charge in [-0.15, -0.1) is 0 Å². The van der Waals surface area contributed by atoms with Gasteiger partial charge in [0.1, 0.15) is 5.75 Å². The number of carbonyl (C=O) groups is 1. The maximum atomic E-state index is 12.0. The molecule has 0 aliphatic carbocycles. The first kappa shape index (κ1) is 22.8. The van der Waals surface area contributed by atoms with Crippen molar-refractivity contribution >= 4 is 16.9 Å². The molecule has 2 atom stereocenters. The minimum absolute atomic E-state index is 0.198. The van der Waals surface area contributed by atoms with Crippen molar-refractivity contribution in [3.05, 3.63) is 71.9 Å². The van der Waals surface area contributed by atoms with Crippen LogP contribution in [0.4, 0.5) is 0 Å². The third-order valence-electron chi connectivity index (χ3n) is 6.53.